The minimum Gasteiger partial charge on any atom is -0.398 e. The number of hydrogen-bond donors (Lipinski definition) is 2. The smallest absolute Gasteiger partial charge is 0.216 e. The molecule has 6 nitrogen and oxygen atoms in total. The molecule has 7 heteroatoms. The Hall–Kier alpha value is -1.86. The Morgan fingerprint density at radius 3 is 2.74 bits per heavy atom. The predicted molar refractivity (Wildman–Crippen MR) is 71.6 cm³/mol. The molecule has 0 saturated carbocycles. The van der Waals surface area contributed by atoms with Crippen LogP contribution in [-0.4, -0.2) is 13.6 Å². The zero-order chi connectivity index (χ0) is 13.9. The van der Waals surface area contributed by atoms with Crippen LogP contribution in [0.4, 0.5) is 5.69 Å². The van der Waals surface area contributed by atoms with Crippen LogP contribution in [0.5, 0.6) is 0 Å². The maximum Gasteiger partial charge on any atom is 0.216 e. The van der Waals surface area contributed by atoms with Crippen molar-refractivity contribution in [3.63, 3.8) is 0 Å². The molecule has 1 aromatic heterocycles. The van der Waals surface area contributed by atoms with E-state index in [-0.39, 0.29) is 12.3 Å². The standard InChI is InChI=1S/C12H15N3O3S/c1-9-6-11(15-18-9)7-14-19(16,17)8-10-4-2-3-5-12(10)13/h2-6,14H,7-8,13H2,1H3. The third kappa shape index (κ3) is 3.80. The maximum absolute atomic E-state index is 11.9. The van der Waals surface area contributed by atoms with Crippen LogP contribution in [0.15, 0.2) is 34.9 Å². The first-order valence-electron chi connectivity index (χ1n) is 5.69. The first-order chi connectivity index (χ1) is 8.96. The summed E-state index contributed by atoms with van der Waals surface area (Å²) in [5.41, 5.74) is 7.30. The Kier molecular flexibility index (Phi) is 3.87. The third-order valence-electron chi connectivity index (χ3n) is 2.55. The summed E-state index contributed by atoms with van der Waals surface area (Å²) in [7, 11) is -3.46. The van der Waals surface area contributed by atoms with E-state index in [1.807, 2.05) is 0 Å². The number of nitrogens with zero attached hydrogens (tertiary/aromatic N) is 1. The van der Waals surface area contributed by atoms with E-state index in [0.29, 0.717) is 22.7 Å². The minimum atomic E-state index is -3.46. The summed E-state index contributed by atoms with van der Waals surface area (Å²) in [6.07, 6.45) is 0. The summed E-state index contributed by atoms with van der Waals surface area (Å²) in [4.78, 5) is 0. The van der Waals surface area contributed by atoms with Crippen LogP contribution < -0.4 is 10.5 Å². The van der Waals surface area contributed by atoms with Gasteiger partial charge in [-0.25, -0.2) is 13.1 Å². The molecule has 1 heterocycles. The fourth-order valence-electron chi connectivity index (χ4n) is 1.61. The van der Waals surface area contributed by atoms with Crippen LogP contribution in [0.1, 0.15) is 17.0 Å². The lowest BCUT2D eigenvalue weighted by Gasteiger charge is -2.07. The lowest BCUT2D eigenvalue weighted by Crippen LogP contribution is -2.25. The number of anilines is 1. The van der Waals surface area contributed by atoms with E-state index in [1.165, 1.54) is 0 Å². The molecule has 0 spiro atoms. The third-order valence-corrected chi connectivity index (χ3v) is 3.83. The van der Waals surface area contributed by atoms with Crippen LogP contribution in [0, 0.1) is 6.92 Å². The molecule has 0 atom stereocenters. The molecule has 3 N–H and O–H groups in total. The number of aromatic nitrogens is 1. The first kappa shape index (κ1) is 13.6. The van der Waals surface area contributed by atoms with Gasteiger partial charge in [0, 0.05) is 11.8 Å². The van der Waals surface area contributed by atoms with Crippen LogP contribution in [0.2, 0.25) is 0 Å². The minimum absolute atomic E-state index is 0.104. The fraction of sp³-hybridized carbons (Fsp3) is 0.250. The molecule has 2 aromatic rings. The largest absolute Gasteiger partial charge is 0.398 e. The van der Waals surface area contributed by atoms with E-state index in [4.69, 9.17) is 10.3 Å². The van der Waals surface area contributed by atoms with Crippen LogP contribution in [0.3, 0.4) is 0 Å². The molecule has 2 rings (SSSR count). The molecule has 0 aliphatic rings. The molecule has 0 radical (unpaired) electrons. The second kappa shape index (κ2) is 5.41. The Balaban J connectivity index is 2.01. The molecule has 102 valence electrons. The topological polar surface area (TPSA) is 98.2 Å². The maximum atomic E-state index is 11.9. The highest BCUT2D eigenvalue weighted by molar-refractivity contribution is 7.88. The van der Waals surface area contributed by atoms with Crippen LogP contribution in [0.25, 0.3) is 0 Å². The number of sulfonamides is 1. The molecule has 19 heavy (non-hydrogen) atoms. The summed E-state index contributed by atoms with van der Waals surface area (Å²) in [6, 6.07) is 8.55. The average Bonchev–Trinajstić information content (AvgIpc) is 2.76. The average molecular weight is 281 g/mol. The molecule has 0 bridgehead atoms. The van der Waals surface area contributed by atoms with Gasteiger partial charge in [-0.1, -0.05) is 23.4 Å². The van der Waals surface area contributed by atoms with Gasteiger partial charge < -0.3 is 10.3 Å². The lowest BCUT2D eigenvalue weighted by atomic mass is 10.2. The normalized spacial score (nSPS) is 11.6. The number of rotatable bonds is 5. The van der Waals surface area contributed by atoms with Crippen molar-refractivity contribution in [1.82, 2.24) is 9.88 Å². The fourth-order valence-corrected chi connectivity index (χ4v) is 2.75. The first-order valence-corrected chi connectivity index (χ1v) is 7.34. The van der Waals surface area contributed by atoms with Gasteiger partial charge in [0.2, 0.25) is 10.0 Å². The highest BCUT2D eigenvalue weighted by atomic mass is 32.2. The van der Waals surface area contributed by atoms with Gasteiger partial charge in [0.05, 0.1) is 18.0 Å². The number of nitrogens with two attached hydrogens (primary N) is 1. The monoisotopic (exact) mass is 281 g/mol. The van der Waals surface area contributed by atoms with E-state index in [0.717, 1.165) is 0 Å². The molecule has 0 unspecified atom stereocenters. The molecule has 0 aliphatic carbocycles. The number of nitrogens with one attached hydrogen (secondary N) is 1. The quantitative estimate of drug-likeness (QED) is 0.802. The number of para-hydroxylation sites is 1. The van der Waals surface area contributed by atoms with Gasteiger partial charge in [0.15, 0.2) is 0 Å². The van der Waals surface area contributed by atoms with Gasteiger partial charge in [-0.3, -0.25) is 0 Å². The Labute approximate surface area is 111 Å². The second-order valence-corrected chi connectivity index (χ2v) is 6.01. The number of hydrogen-bond acceptors (Lipinski definition) is 5. The van der Waals surface area contributed by atoms with Crippen molar-refractivity contribution in [2.75, 3.05) is 5.73 Å². The predicted octanol–water partition coefficient (Wildman–Crippen LogP) is 1.18. The summed E-state index contributed by atoms with van der Waals surface area (Å²) >= 11 is 0. The summed E-state index contributed by atoms with van der Waals surface area (Å²) in [6.45, 7) is 1.85. The van der Waals surface area contributed by atoms with Crippen LogP contribution >= 0.6 is 0 Å². The van der Waals surface area contributed by atoms with E-state index >= 15 is 0 Å². The van der Waals surface area contributed by atoms with Crippen LogP contribution in [-0.2, 0) is 22.3 Å². The highest BCUT2D eigenvalue weighted by Gasteiger charge is 2.14. The summed E-state index contributed by atoms with van der Waals surface area (Å²) < 4.78 is 31.1. The number of aryl methyl sites for hydroxylation is 1. The van der Waals surface area contributed by atoms with E-state index < -0.39 is 10.0 Å². The molecule has 0 fully saturated rings. The van der Waals surface area contributed by atoms with Crippen molar-refractivity contribution in [2.45, 2.75) is 19.2 Å². The molecule has 0 saturated heterocycles. The zero-order valence-corrected chi connectivity index (χ0v) is 11.3. The van der Waals surface area contributed by atoms with Crippen molar-refractivity contribution in [2.24, 2.45) is 0 Å². The summed E-state index contributed by atoms with van der Waals surface area (Å²) in [5.74, 6) is 0.484. The number of benzene rings is 1. The van der Waals surface area contributed by atoms with E-state index in [1.54, 1.807) is 37.3 Å². The lowest BCUT2D eigenvalue weighted by molar-refractivity contribution is 0.390. The highest BCUT2D eigenvalue weighted by Crippen LogP contribution is 2.13. The van der Waals surface area contributed by atoms with Gasteiger partial charge in [-0.15, -0.1) is 0 Å². The van der Waals surface area contributed by atoms with Gasteiger partial charge in [-0.2, -0.15) is 0 Å². The van der Waals surface area contributed by atoms with Crippen molar-refractivity contribution >= 4 is 15.7 Å². The van der Waals surface area contributed by atoms with Gasteiger partial charge in [0.1, 0.15) is 5.76 Å². The van der Waals surface area contributed by atoms with Crippen molar-refractivity contribution < 1.29 is 12.9 Å². The van der Waals surface area contributed by atoms with Crippen molar-refractivity contribution in [1.29, 1.82) is 0 Å². The van der Waals surface area contributed by atoms with E-state index in [2.05, 4.69) is 9.88 Å². The summed E-state index contributed by atoms with van der Waals surface area (Å²) in [5, 5.41) is 3.72. The van der Waals surface area contributed by atoms with Gasteiger partial charge >= 0.3 is 0 Å². The Morgan fingerprint density at radius 1 is 1.37 bits per heavy atom. The molecule has 0 amide bonds. The molecular formula is C12H15N3O3S. The van der Waals surface area contributed by atoms with Gasteiger partial charge in [-0.05, 0) is 18.6 Å². The molecular weight excluding hydrogens is 266 g/mol. The molecule has 0 aliphatic heterocycles. The zero-order valence-electron chi connectivity index (χ0n) is 10.5. The molecule has 1 aromatic carbocycles. The number of nitrogen functional groups attached to an aromatic ring is 1. The van der Waals surface area contributed by atoms with Gasteiger partial charge in [0.25, 0.3) is 0 Å². The Morgan fingerprint density at radius 2 is 2.11 bits per heavy atom. The van der Waals surface area contributed by atoms with E-state index in [9.17, 15) is 8.42 Å². The second-order valence-electron chi connectivity index (χ2n) is 4.21. The van der Waals surface area contributed by atoms with Crippen molar-refractivity contribution in [3.05, 3.63) is 47.3 Å². The Bertz CT molecular complexity index is 664. The van der Waals surface area contributed by atoms with Crippen molar-refractivity contribution in [3.8, 4) is 0 Å². The SMILES string of the molecule is Cc1cc(CNS(=O)(=O)Cc2ccccc2N)no1.